The molecule has 1 saturated heterocycles. The number of carbonyl (C=O) groups is 1. The Balaban J connectivity index is 2.15. The normalized spacial score (nSPS) is 46.7. The summed E-state index contributed by atoms with van der Waals surface area (Å²) in [5.41, 5.74) is -0.551. The maximum Gasteiger partial charge on any atom is 0.193 e. The van der Waals surface area contributed by atoms with Gasteiger partial charge in [0.05, 0.1) is 0 Å². The third-order valence-corrected chi connectivity index (χ3v) is 3.20. The van der Waals surface area contributed by atoms with Gasteiger partial charge in [0.15, 0.2) is 5.78 Å². The lowest BCUT2D eigenvalue weighted by Crippen LogP contribution is -2.68. The van der Waals surface area contributed by atoms with Crippen molar-refractivity contribution in [3.8, 4) is 0 Å². The molecule has 3 unspecified atom stereocenters. The lowest BCUT2D eigenvalue weighted by atomic mass is 9.63. The number of hydrogen-bond donors (Lipinski definition) is 0. The maximum absolute atomic E-state index is 11.5. The van der Waals surface area contributed by atoms with Crippen molar-refractivity contribution in [2.45, 2.75) is 31.5 Å². The molecule has 0 amide bonds. The number of ketones is 1. The fraction of sp³-hybridized carbons (Fsp3) is 0.889. The first-order chi connectivity index (χ1) is 5.70. The fourth-order valence-corrected chi connectivity index (χ4v) is 2.22. The highest BCUT2D eigenvalue weighted by molar-refractivity contribution is 5.98. The predicted octanol–water partition coefficient (Wildman–Crippen LogP) is 0.769. The molecule has 0 aromatic carbocycles. The number of methoxy groups -OCH3 is 1. The standard InChI is InChI=1S/C9H14O3/c1-9(11-2)6-4-3-5-12-7(6)8(9)10/h6-7H,3-5H2,1-2H3. The summed E-state index contributed by atoms with van der Waals surface area (Å²) in [6.07, 6.45) is 1.94. The first kappa shape index (κ1) is 8.20. The third kappa shape index (κ3) is 0.808. The summed E-state index contributed by atoms with van der Waals surface area (Å²) in [6.45, 7) is 2.60. The van der Waals surface area contributed by atoms with Crippen LogP contribution in [0.25, 0.3) is 0 Å². The average Bonchev–Trinajstić information content (AvgIpc) is 2.16. The van der Waals surface area contributed by atoms with Crippen LogP contribution in [0, 0.1) is 5.92 Å². The van der Waals surface area contributed by atoms with Crippen molar-refractivity contribution in [2.24, 2.45) is 5.92 Å². The second-order valence-electron chi connectivity index (χ2n) is 3.72. The van der Waals surface area contributed by atoms with E-state index in [2.05, 4.69) is 0 Å². The molecule has 0 aromatic rings. The van der Waals surface area contributed by atoms with Crippen molar-refractivity contribution in [1.82, 2.24) is 0 Å². The molecule has 68 valence electrons. The van der Waals surface area contributed by atoms with Crippen LogP contribution in [-0.4, -0.2) is 31.2 Å². The van der Waals surface area contributed by atoms with Gasteiger partial charge in [0.1, 0.15) is 11.7 Å². The molecule has 0 N–H and O–H groups in total. The lowest BCUT2D eigenvalue weighted by molar-refractivity contribution is -0.210. The summed E-state index contributed by atoms with van der Waals surface area (Å²) in [6, 6.07) is 0. The summed E-state index contributed by atoms with van der Waals surface area (Å²) >= 11 is 0. The zero-order valence-corrected chi connectivity index (χ0v) is 7.50. The molecule has 2 aliphatic rings. The Morgan fingerprint density at radius 2 is 2.42 bits per heavy atom. The van der Waals surface area contributed by atoms with E-state index in [1.807, 2.05) is 6.92 Å². The lowest BCUT2D eigenvalue weighted by Gasteiger charge is -2.51. The van der Waals surface area contributed by atoms with Crippen molar-refractivity contribution in [3.05, 3.63) is 0 Å². The van der Waals surface area contributed by atoms with E-state index in [0.717, 1.165) is 19.4 Å². The Kier molecular flexibility index (Phi) is 1.73. The predicted molar refractivity (Wildman–Crippen MR) is 42.9 cm³/mol. The van der Waals surface area contributed by atoms with E-state index in [1.54, 1.807) is 7.11 Å². The van der Waals surface area contributed by atoms with Crippen LogP contribution in [0.5, 0.6) is 0 Å². The Morgan fingerprint density at radius 1 is 1.67 bits per heavy atom. The van der Waals surface area contributed by atoms with Gasteiger partial charge in [0, 0.05) is 19.6 Å². The zero-order chi connectivity index (χ0) is 8.77. The van der Waals surface area contributed by atoms with Crippen LogP contribution in [0.1, 0.15) is 19.8 Å². The first-order valence-electron chi connectivity index (χ1n) is 4.41. The molecule has 2 fully saturated rings. The average molecular weight is 170 g/mol. The Morgan fingerprint density at radius 3 is 3.08 bits per heavy atom. The van der Waals surface area contributed by atoms with Gasteiger partial charge in [0.25, 0.3) is 0 Å². The summed E-state index contributed by atoms with van der Waals surface area (Å²) in [7, 11) is 1.60. The van der Waals surface area contributed by atoms with Gasteiger partial charge in [-0.2, -0.15) is 0 Å². The van der Waals surface area contributed by atoms with Crippen LogP contribution in [-0.2, 0) is 14.3 Å². The Bertz CT molecular complexity index is 214. The van der Waals surface area contributed by atoms with Gasteiger partial charge in [0.2, 0.25) is 0 Å². The maximum atomic E-state index is 11.5. The number of fused-ring (bicyclic) bond motifs is 1. The highest BCUT2D eigenvalue weighted by Gasteiger charge is 2.61. The fourth-order valence-electron chi connectivity index (χ4n) is 2.22. The molecule has 0 radical (unpaired) electrons. The molecule has 1 aliphatic carbocycles. The van der Waals surface area contributed by atoms with E-state index in [-0.39, 0.29) is 11.9 Å². The van der Waals surface area contributed by atoms with Gasteiger partial charge in [-0.05, 0) is 19.8 Å². The third-order valence-electron chi connectivity index (χ3n) is 3.20. The van der Waals surface area contributed by atoms with Crippen LogP contribution in [0.3, 0.4) is 0 Å². The summed E-state index contributed by atoms with van der Waals surface area (Å²) in [5.74, 6) is 0.415. The van der Waals surface area contributed by atoms with Gasteiger partial charge in [-0.3, -0.25) is 4.79 Å². The number of Topliss-reactive ketones (excluding diaryl/α,β-unsaturated/α-hetero) is 1. The van der Waals surface area contributed by atoms with Crippen LogP contribution in [0.2, 0.25) is 0 Å². The molecular formula is C9H14O3. The van der Waals surface area contributed by atoms with E-state index in [1.165, 1.54) is 0 Å². The number of carbonyl (C=O) groups excluding carboxylic acids is 1. The molecule has 1 saturated carbocycles. The van der Waals surface area contributed by atoms with Gasteiger partial charge < -0.3 is 9.47 Å². The van der Waals surface area contributed by atoms with E-state index < -0.39 is 5.60 Å². The van der Waals surface area contributed by atoms with Crippen molar-refractivity contribution >= 4 is 5.78 Å². The quantitative estimate of drug-likeness (QED) is 0.583. The van der Waals surface area contributed by atoms with Crippen LogP contribution in [0.4, 0.5) is 0 Å². The van der Waals surface area contributed by atoms with Crippen molar-refractivity contribution in [3.63, 3.8) is 0 Å². The van der Waals surface area contributed by atoms with Gasteiger partial charge in [-0.25, -0.2) is 0 Å². The van der Waals surface area contributed by atoms with Crippen LogP contribution in [0.15, 0.2) is 0 Å². The number of rotatable bonds is 1. The van der Waals surface area contributed by atoms with Crippen molar-refractivity contribution in [1.29, 1.82) is 0 Å². The minimum Gasteiger partial charge on any atom is -0.370 e. The molecule has 12 heavy (non-hydrogen) atoms. The molecule has 0 bridgehead atoms. The molecule has 0 spiro atoms. The van der Waals surface area contributed by atoms with Gasteiger partial charge in [-0.1, -0.05) is 0 Å². The summed E-state index contributed by atoms with van der Waals surface area (Å²) < 4.78 is 10.6. The number of ether oxygens (including phenoxy) is 2. The summed E-state index contributed by atoms with van der Waals surface area (Å²) in [5, 5.41) is 0. The number of hydrogen-bond acceptors (Lipinski definition) is 3. The highest BCUT2D eigenvalue weighted by Crippen LogP contribution is 2.44. The zero-order valence-electron chi connectivity index (χ0n) is 7.50. The monoisotopic (exact) mass is 170 g/mol. The van der Waals surface area contributed by atoms with E-state index in [0.29, 0.717) is 5.92 Å². The molecule has 0 aromatic heterocycles. The molecule has 1 heterocycles. The second-order valence-corrected chi connectivity index (χ2v) is 3.72. The Hall–Kier alpha value is -0.410. The van der Waals surface area contributed by atoms with Crippen molar-refractivity contribution in [2.75, 3.05) is 13.7 Å². The first-order valence-corrected chi connectivity index (χ1v) is 4.41. The van der Waals surface area contributed by atoms with Gasteiger partial charge >= 0.3 is 0 Å². The SMILES string of the molecule is COC1(C)C(=O)C2OCCCC21. The second kappa shape index (κ2) is 2.54. The molecular weight excluding hydrogens is 156 g/mol. The Labute approximate surface area is 72.0 Å². The van der Waals surface area contributed by atoms with Crippen LogP contribution < -0.4 is 0 Å². The van der Waals surface area contributed by atoms with E-state index >= 15 is 0 Å². The molecule has 2 rings (SSSR count). The topological polar surface area (TPSA) is 35.5 Å². The van der Waals surface area contributed by atoms with Gasteiger partial charge in [-0.15, -0.1) is 0 Å². The van der Waals surface area contributed by atoms with E-state index in [4.69, 9.17) is 9.47 Å². The summed E-state index contributed by atoms with van der Waals surface area (Å²) in [4.78, 5) is 11.5. The minimum absolute atomic E-state index is 0.120. The molecule has 3 nitrogen and oxygen atoms in total. The molecule has 1 aliphatic heterocycles. The molecule has 3 atom stereocenters. The molecule has 3 heteroatoms. The van der Waals surface area contributed by atoms with Crippen molar-refractivity contribution < 1.29 is 14.3 Å². The largest absolute Gasteiger partial charge is 0.370 e. The minimum atomic E-state index is -0.551. The smallest absolute Gasteiger partial charge is 0.193 e. The van der Waals surface area contributed by atoms with E-state index in [9.17, 15) is 4.79 Å². The van der Waals surface area contributed by atoms with Crippen LogP contribution >= 0.6 is 0 Å². The highest BCUT2D eigenvalue weighted by atomic mass is 16.5.